The standard InChI is InChI=1S/C15H17FN2O2S/c16-14-7-6-12(13(10-14)11-17)8-9-18-21(19,20)15-4-2-1-3-5-15/h1-7,10,18H,8-9,11,17H2. The molecule has 4 nitrogen and oxygen atoms in total. The summed E-state index contributed by atoms with van der Waals surface area (Å²) in [6, 6.07) is 12.5. The summed E-state index contributed by atoms with van der Waals surface area (Å²) in [5, 5.41) is 0. The molecule has 0 radical (unpaired) electrons. The van der Waals surface area contributed by atoms with Gasteiger partial charge in [0.05, 0.1) is 4.90 Å². The first-order chi connectivity index (χ1) is 10.0. The molecule has 0 amide bonds. The van der Waals surface area contributed by atoms with E-state index in [2.05, 4.69) is 4.72 Å². The smallest absolute Gasteiger partial charge is 0.240 e. The minimum Gasteiger partial charge on any atom is -0.326 e. The van der Waals surface area contributed by atoms with Gasteiger partial charge in [-0.05, 0) is 41.8 Å². The van der Waals surface area contributed by atoms with Crippen LogP contribution in [0.2, 0.25) is 0 Å². The third-order valence-electron chi connectivity index (χ3n) is 3.13. The molecule has 0 heterocycles. The highest BCUT2D eigenvalue weighted by Gasteiger charge is 2.12. The molecule has 0 atom stereocenters. The monoisotopic (exact) mass is 308 g/mol. The predicted octanol–water partition coefficient (Wildman–Crippen LogP) is 1.81. The summed E-state index contributed by atoms with van der Waals surface area (Å²) in [5.74, 6) is -0.343. The number of hydrogen-bond donors (Lipinski definition) is 2. The van der Waals surface area contributed by atoms with E-state index in [1.165, 1.54) is 24.3 Å². The van der Waals surface area contributed by atoms with Crippen molar-refractivity contribution in [2.75, 3.05) is 6.54 Å². The second-order valence-electron chi connectivity index (χ2n) is 4.58. The van der Waals surface area contributed by atoms with Crippen molar-refractivity contribution in [1.82, 2.24) is 4.72 Å². The highest BCUT2D eigenvalue weighted by atomic mass is 32.2. The summed E-state index contributed by atoms with van der Waals surface area (Å²) < 4.78 is 39.7. The Labute approximate surface area is 123 Å². The Morgan fingerprint density at radius 2 is 1.76 bits per heavy atom. The van der Waals surface area contributed by atoms with Crippen molar-refractivity contribution in [3.05, 3.63) is 65.5 Å². The average Bonchev–Trinajstić information content (AvgIpc) is 2.49. The molecule has 2 aromatic rings. The molecule has 0 unspecified atom stereocenters. The molecule has 0 saturated heterocycles. The molecule has 2 aromatic carbocycles. The third-order valence-corrected chi connectivity index (χ3v) is 4.61. The van der Waals surface area contributed by atoms with Gasteiger partial charge in [0, 0.05) is 13.1 Å². The highest BCUT2D eigenvalue weighted by Crippen LogP contribution is 2.12. The van der Waals surface area contributed by atoms with Crippen LogP contribution in [0.4, 0.5) is 4.39 Å². The number of benzene rings is 2. The topological polar surface area (TPSA) is 72.2 Å². The number of nitrogens with two attached hydrogens (primary N) is 1. The molecule has 0 aliphatic rings. The van der Waals surface area contributed by atoms with E-state index < -0.39 is 10.0 Å². The Balaban J connectivity index is 2.02. The zero-order valence-electron chi connectivity index (χ0n) is 11.4. The first-order valence-corrected chi connectivity index (χ1v) is 8.03. The summed E-state index contributed by atoms with van der Waals surface area (Å²) in [6.45, 7) is 0.453. The van der Waals surface area contributed by atoms with Crippen molar-refractivity contribution in [3.8, 4) is 0 Å². The van der Waals surface area contributed by atoms with Crippen molar-refractivity contribution < 1.29 is 12.8 Å². The average molecular weight is 308 g/mol. The van der Waals surface area contributed by atoms with Gasteiger partial charge in [0.1, 0.15) is 5.82 Å². The fraction of sp³-hybridized carbons (Fsp3) is 0.200. The van der Waals surface area contributed by atoms with Gasteiger partial charge in [-0.25, -0.2) is 17.5 Å². The molecule has 112 valence electrons. The number of nitrogens with one attached hydrogen (secondary N) is 1. The summed E-state index contributed by atoms with van der Waals surface area (Å²) >= 11 is 0. The maximum atomic E-state index is 13.1. The fourth-order valence-electron chi connectivity index (χ4n) is 2.03. The molecule has 0 fully saturated rings. The van der Waals surface area contributed by atoms with Gasteiger partial charge in [-0.15, -0.1) is 0 Å². The molecule has 21 heavy (non-hydrogen) atoms. The van der Waals surface area contributed by atoms with Crippen LogP contribution in [-0.2, 0) is 23.0 Å². The molecule has 3 N–H and O–H groups in total. The number of hydrogen-bond acceptors (Lipinski definition) is 3. The van der Waals surface area contributed by atoms with Crippen molar-refractivity contribution >= 4 is 10.0 Å². The molecule has 0 aliphatic carbocycles. The van der Waals surface area contributed by atoms with Crippen LogP contribution in [0.15, 0.2) is 53.4 Å². The SMILES string of the molecule is NCc1cc(F)ccc1CCNS(=O)(=O)c1ccccc1. The van der Waals surface area contributed by atoms with Crippen LogP contribution in [0.5, 0.6) is 0 Å². The van der Waals surface area contributed by atoms with E-state index in [-0.39, 0.29) is 23.8 Å². The minimum absolute atomic E-state index is 0.221. The van der Waals surface area contributed by atoms with Crippen LogP contribution in [0.25, 0.3) is 0 Å². The van der Waals surface area contributed by atoms with Crippen LogP contribution in [-0.4, -0.2) is 15.0 Å². The predicted molar refractivity (Wildman–Crippen MR) is 79.6 cm³/mol. The van der Waals surface area contributed by atoms with Gasteiger partial charge in [0.15, 0.2) is 0 Å². The van der Waals surface area contributed by atoms with E-state index in [9.17, 15) is 12.8 Å². The third kappa shape index (κ3) is 4.10. The van der Waals surface area contributed by atoms with Crippen LogP contribution in [0.3, 0.4) is 0 Å². The van der Waals surface area contributed by atoms with E-state index in [1.54, 1.807) is 24.3 Å². The lowest BCUT2D eigenvalue weighted by molar-refractivity contribution is 0.581. The van der Waals surface area contributed by atoms with Gasteiger partial charge in [-0.3, -0.25) is 0 Å². The van der Waals surface area contributed by atoms with Crippen LogP contribution < -0.4 is 10.5 Å². The zero-order chi connectivity index (χ0) is 15.3. The minimum atomic E-state index is -3.51. The second-order valence-corrected chi connectivity index (χ2v) is 6.34. The Morgan fingerprint density at radius 1 is 1.05 bits per heavy atom. The Hall–Kier alpha value is -1.76. The second kappa shape index (κ2) is 6.80. The number of sulfonamides is 1. The Kier molecular flexibility index (Phi) is 5.06. The van der Waals surface area contributed by atoms with E-state index >= 15 is 0 Å². The maximum absolute atomic E-state index is 13.1. The lowest BCUT2D eigenvalue weighted by atomic mass is 10.0. The van der Waals surface area contributed by atoms with Crippen molar-refractivity contribution in [1.29, 1.82) is 0 Å². The van der Waals surface area contributed by atoms with Crippen LogP contribution >= 0.6 is 0 Å². The van der Waals surface area contributed by atoms with Gasteiger partial charge < -0.3 is 5.73 Å². The van der Waals surface area contributed by atoms with Gasteiger partial charge in [0.2, 0.25) is 10.0 Å². The molecule has 6 heteroatoms. The molecule has 0 aromatic heterocycles. The lowest BCUT2D eigenvalue weighted by Gasteiger charge is -2.09. The quantitative estimate of drug-likeness (QED) is 0.855. The summed E-state index contributed by atoms with van der Waals surface area (Å²) in [7, 11) is -3.51. The van der Waals surface area contributed by atoms with Gasteiger partial charge >= 0.3 is 0 Å². The first kappa shape index (κ1) is 15.6. The van der Waals surface area contributed by atoms with E-state index in [4.69, 9.17) is 5.73 Å². The highest BCUT2D eigenvalue weighted by molar-refractivity contribution is 7.89. The van der Waals surface area contributed by atoms with Crippen molar-refractivity contribution in [3.63, 3.8) is 0 Å². The van der Waals surface area contributed by atoms with Crippen LogP contribution in [0.1, 0.15) is 11.1 Å². The van der Waals surface area contributed by atoms with Crippen LogP contribution in [0, 0.1) is 5.82 Å². The van der Waals surface area contributed by atoms with E-state index in [0.717, 1.165) is 5.56 Å². The fourth-order valence-corrected chi connectivity index (χ4v) is 3.08. The van der Waals surface area contributed by atoms with Gasteiger partial charge in [-0.1, -0.05) is 24.3 Å². The van der Waals surface area contributed by atoms with Gasteiger partial charge in [-0.2, -0.15) is 0 Å². The molecule has 0 aliphatic heterocycles. The lowest BCUT2D eigenvalue weighted by Crippen LogP contribution is -2.26. The summed E-state index contributed by atoms with van der Waals surface area (Å²) in [5.41, 5.74) is 7.09. The molecular formula is C15H17FN2O2S. The number of rotatable bonds is 6. The Bertz CT molecular complexity index is 703. The zero-order valence-corrected chi connectivity index (χ0v) is 12.2. The molecule has 0 spiro atoms. The molecular weight excluding hydrogens is 291 g/mol. The molecule has 0 bridgehead atoms. The van der Waals surface area contributed by atoms with Crippen molar-refractivity contribution in [2.24, 2.45) is 5.73 Å². The Morgan fingerprint density at radius 3 is 2.43 bits per heavy atom. The normalized spacial score (nSPS) is 11.5. The largest absolute Gasteiger partial charge is 0.326 e. The molecule has 0 saturated carbocycles. The van der Waals surface area contributed by atoms with Crippen molar-refractivity contribution in [2.45, 2.75) is 17.9 Å². The van der Waals surface area contributed by atoms with E-state index in [0.29, 0.717) is 12.0 Å². The van der Waals surface area contributed by atoms with E-state index in [1.807, 2.05) is 0 Å². The number of halogens is 1. The van der Waals surface area contributed by atoms with Gasteiger partial charge in [0.25, 0.3) is 0 Å². The first-order valence-electron chi connectivity index (χ1n) is 6.55. The molecule has 2 rings (SSSR count). The summed E-state index contributed by atoms with van der Waals surface area (Å²) in [6.07, 6.45) is 0.457. The summed E-state index contributed by atoms with van der Waals surface area (Å²) in [4.78, 5) is 0.225. The maximum Gasteiger partial charge on any atom is 0.240 e.